The molecule has 2 aromatic rings. The summed E-state index contributed by atoms with van der Waals surface area (Å²) in [5.41, 5.74) is 7.33. The number of hydrogen-bond donors (Lipinski definition) is 2. The summed E-state index contributed by atoms with van der Waals surface area (Å²) >= 11 is 13.7. The van der Waals surface area contributed by atoms with Gasteiger partial charge in [0.25, 0.3) is 0 Å². The number of halogens is 2. The van der Waals surface area contributed by atoms with Crippen LogP contribution in [0.1, 0.15) is 22.7 Å². The molecule has 1 atom stereocenters. The average molecular weight is 301 g/mol. The van der Waals surface area contributed by atoms with E-state index in [1.54, 1.807) is 23.5 Å². The molecule has 96 valence electrons. The van der Waals surface area contributed by atoms with Crippen molar-refractivity contribution < 1.29 is 0 Å². The first-order valence-corrected chi connectivity index (χ1v) is 7.12. The minimum absolute atomic E-state index is 0.184. The van der Waals surface area contributed by atoms with E-state index >= 15 is 0 Å². The van der Waals surface area contributed by atoms with Crippen LogP contribution in [0.15, 0.2) is 24.3 Å². The van der Waals surface area contributed by atoms with E-state index in [0.29, 0.717) is 15.7 Å². The van der Waals surface area contributed by atoms with Gasteiger partial charge in [0.1, 0.15) is 0 Å². The molecule has 0 aliphatic carbocycles. The fourth-order valence-electron chi connectivity index (χ4n) is 1.68. The number of anilines is 2. The summed E-state index contributed by atoms with van der Waals surface area (Å²) in [4.78, 5) is 2.55. The van der Waals surface area contributed by atoms with Gasteiger partial charge in [-0.25, -0.2) is 0 Å². The molecule has 18 heavy (non-hydrogen) atoms. The van der Waals surface area contributed by atoms with Crippen LogP contribution in [0.5, 0.6) is 0 Å². The second-order valence-electron chi connectivity index (χ2n) is 4.17. The molecule has 0 amide bonds. The number of rotatable bonds is 3. The minimum atomic E-state index is 0.184. The summed E-state index contributed by atoms with van der Waals surface area (Å²) < 4.78 is 0. The molecule has 0 aliphatic heterocycles. The molecular formula is C13H14Cl2N2S. The van der Waals surface area contributed by atoms with Gasteiger partial charge in [-0.05, 0) is 38.1 Å². The van der Waals surface area contributed by atoms with Gasteiger partial charge in [-0.3, -0.25) is 0 Å². The van der Waals surface area contributed by atoms with E-state index in [1.807, 2.05) is 0 Å². The van der Waals surface area contributed by atoms with Crippen LogP contribution in [0.25, 0.3) is 0 Å². The monoisotopic (exact) mass is 300 g/mol. The predicted octanol–water partition coefficient (Wildman–Crippen LogP) is 5.12. The van der Waals surface area contributed by atoms with Crippen LogP contribution in [0.4, 0.5) is 11.4 Å². The third kappa shape index (κ3) is 2.91. The zero-order valence-electron chi connectivity index (χ0n) is 10.1. The molecule has 1 heterocycles. The van der Waals surface area contributed by atoms with Gasteiger partial charge in [-0.2, -0.15) is 0 Å². The van der Waals surface area contributed by atoms with Crippen molar-refractivity contribution in [1.29, 1.82) is 0 Å². The highest BCUT2D eigenvalue weighted by molar-refractivity contribution is 7.12. The van der Waals surface area contributed by atoms with E-state index in [0.717, 1.165) is 5.69 Å². The second-order valence-corrected chi connectivity index (χ2v) is 6.30. The maximum Gasteiger partial charge on any atom is 0.0614 e. The topological polar surface area (TPSA) is 38.0 Å². The van der Waals surface area contributed by atoms with Gasteiger partial charge in [0.15, 0.2) is 0 Å². The summed E-state index contributed by atoms with van der Waals surface area (Å²) in [7, 11) is 0. The molecule has 0 radical (unpaired) electrons. The Hall–Kier alpha value is -0.900. The molecule has 3 N–H and O–H groups in total. The average Bonchev–Trinajstić information content (AvgIpc) is 2.73. The fourth-order valence-corrected chi connectivity index (χ4v) is 2.89. The second kappa shape index (κ2) is 5.39. The number of nitrogen functional groups attached to an aromatic ring is 1. The van der Waals surface area contributed by atoms with E-state index in [1.165, 1.54) is 9.75 Å². The molecule has 0 spiro atoms. The lowest BCUT2D eigenvalue weighted by molar-refractivity contribution is 0.909. The van der Waals surface area contributed by atoms with Crippen molar-refractivity contribution in [3.8, 4) is 0 Å². The summed E-state index contributed by atoms with van der Waals surface area (Å²) in [6.07, 6.45) is 0. The van der Waals surface area contributed by atoms with Crippen molar-refractivity contribution in [3.63, 3.8) is 0 Å². The van der Waals surface area contributed by atoms with Gasteiger partial charge in [-0.15, -0.1) is 11.3 Å². The van der Waals surface area contributed by atoms with Crippen molar-refractivity contribution in [2.24, 2.45) is 0 Å². The molecule has 0 bridgehead atoms. The highest BCUT2D eigenvalue weighted by Crippen LogP contribution is 2.33. The Morgan fingerprint density at radius 3 is 2.50 bits per heavy atom. The van der Waals surface area contributed by atoms with Gasteiger partial charge in [0, 0.05) is 9.75 Å². The van der Waals surface area contributed by atoms with Gasteiger partial charge in [0.2, 0.25) is 0 Å². The van der Waals surface area contributed by atoms with Crippen LogP contribution in [0, 0.1) is 6.92 Å². The molecule has 1 aromatic carbocycles. The SMILES string of the molecule is Cc1ccc(C(C)Nc2cc(Cl)c(Cl)cc2N)s1. The van der Waals surface area contributed by atoms with E-state index in [9.17, 15) is 0 Å². The number of nitrogens with two attached hydrogens (primary N) is 1. The van der Waals surface area contributed by atoms with E-state index in [-0.39, 0.29) is 6.04 Å². The number of benzene rings is 1. The Bertz CT molecular complexity index is 566. The number of thiophene rings is 1. The summed E-state index contributed by atoms with van der Waals surface area (Å²) in [6, 6.07) is 7.83. The highest BCUT2D eigenvalue weighted by atomic mass is 35.5. The molecule has 5 heteroatoms. The Morgan fingerprint density at radius 1 is 1.22 bits per heavy atom. The van der Waals surface area contributed by atoms with Crippen LogP contribution in [-0.2, 0) is 0 Å². The Labute approximate surface area is 121 Å². The molecule has 2 rings (SSSR count). The zero-order valence-corrected chi connectivity index (χ0v) is 12.5. The summed E-state index contributed by atoms with van der Waals surface area (Å²) in [5, 5.41) is 4.32. The van der Waals surface area contributed by atoms with Crippen molar-refractivity contribution in [2.45, 2.75) is 19.9 Å². The van der Waals surface area contributed by atoms with E-state index in [4.69, 9.17) is 28.9 Å². The van der Waals surface area contributed by atoms with Crippen molar-refractivity contribution in [2.75, 3.05) is 11.1 Å². The number of aryl methyl sites for hydroxylation is 1. The maximum atomic E-state index is 5.99. The van der Waals surface area contributed by atoms with Crippen LogP contribution in [0.2, 0.25) is 10.0 Å². The fraction of sp³-hybridized carbons (Fsp3) is 0.231. The summed E-state index contributed by atoms with van der Waals surface area (Å²) in [5.74, 6) is 0. The molecule has 0 aliphatic rings. The van der Waals surface area contributed by atoms with Crippen LogP contribution in [-0.4, -0.2) is 0 Å². The van der Waals surface area contributed by atoms with Crippen molar-refractivity contribution in [3.05, 3.63) is 44.1 Å². The van der Waals surface area contributed by atoms with E-state index < -0.39 is 0 Å². The molecule has 1 aromatic heterocycles. The molecule has 0 fully saturated rings. The molecular weight excluding hydrogens is 287 g/mol. The molecule has 2 nitrogen and oxygen atoms in total. The third-order valence-corrected chi connectivity index (χ3v) is 4.56. The normalized spacial score (nSPS) is 12.4. The van der Waals surface area contributed by atoms with E-state index in [2.05, 4.69) is 31.3 Å². The predicted molar refractivity (Wildman–Crippen MR) is 82.0 cm³/mol. The minimum Gasteiger partial charge on any atom is -0.397 e. The first-order chi connectivity index (χ1) is 8.47. The van der Waals surface area contributed by atoms with Crippen LogP contribution < -0.4 is 11.1 Å². The quantitative estimate of drug-likeness (QED) is 0.772. The molecule has 0 saturated heterocycles. The van der Waals surface area contributed by atoms with Gasteiger partial charge < -0.3 is 11.1 Å². The maximum absolute atomic E-state index is 5.99. The number of hydrogen-bond acceptors (Lipinski definition) is 3. The lowest BCUT2D eigenvalue weighted by atomic mass is 10.2. The van der Waals surface area contributed by atoms with Crippen molar-refractivity contribution >= 4 is 45.9 Å². The van der Waals surface area contributed by atoms with Gasteiger partial charge >= 0.3 is 0 Å². The third-order valence-electron chi connectivity index (χ3n) is 2.65. The Morgan fingerprint density at radius 2 is 1.89 bits per heavy atom. The van der Waals surface area contributed by atoms with Crippen LogP contribution >= 0.6 is 34.5 Å². The first kappa shape index (κ1) is 13.5. The number of nitrogens with one attached hydrogen (secondary N) is 1. The highest BCUT2D eigenvalue weighted by Gasteiger charge is 2.11. The Balaban J connectivity index is 2.21. The molecule has 0 saturated carbocycles. The smallest absolute Gasteiger partial charge is 0.0614 e. The van der Waals surface area contributed by atoms with Crippen molar-refractivity contribution in [1.82, 2.24) is 0 Å². The molecule has 1 unspecified atom stereocenters. The lowest BCUT2D eigenvalue weighted by Crippen LogP contribution is -2.07. The lowest BCUT2D eigenvalue weighted by Gasteiger charge is -2.16. The van der Waals surface area contributed by atoms with Gasteiger partial charge in [-0.1, -0.05) is 23.2 Å². The van der Waals surface area contributed by atoms with Crippen LogP contribution in [0.3, 0.4) is 0 Å². The summed E-state index contributed by atoms with van der Waals surface area (Å²) in [6.45, 7) is 4.18. The first-order valence-electron chi connectivity index (χ1n) is 5.54. The largest absolute Gasteiger partial charge is 0.397 e. The zero-order chi connectivity index (χ0) is 13.3. The Kier molecular flexibility index (Phi) is 4.05. The standard InChI is InChI=1S/C13H14Cl2N2S/c1-7-3-4-13(18-7)8(2)17-12-6-10(15)9(14)5-11(12)16/h3-6,8,17H,16H2,1-2H3. The van der Waals surface area contributed by atoms with Gasteiger partial charge in [0.05, 0.1) is 27.5 Å².